The summed E-state index contributed by atoms with van der Waals surface area (Å²) in [6, 6.07) is 9.42. The summed E-state index contributed by atoms with van der Waals surface area (Å²) in [5.74, 6) is 1.34. The molecular weight excluding hydrogens is 368 g/mol. The van der Waals surface area contributed by atoms with Crippen molar-refractivity contribution in [2.45, 2.75) is 12.3 Å². The Hall–Kier alpha value is -1.52. The topological polar surface area (TPSA) is 35.5 Å². The highest BCUT2D eigenvalue weighted by atomic mass is 79.9. The number of rotatable bonds is 3. The first-order chi connectivity index (χ1) is 10.5. The number of ketones is 1. The van der Waals surface area contributed by atoms with Crippen LogP contribution in [0.15, 0.2) is 34.8 Å². The van der Waals surface area contributed by atoms with Crippen LogP contribution in [0.25, 0.3) is 0 Å². The van der Waals surface area contributed by atoms with Crippen molar-refractivity contribution in [3.05, 3.63) is 56.5 Å². The molecule has 3 rings (SSSR count). The zero-order chi connectivity index (χ0) is 15.9. The number of Topliss-reactive ketones (excluding diaryl/α,β-unsaturated/α-hetero) is 1. The number of benzene rings is 2. The van der Waals surface area contributed by atoms with Crippen LogP contribution in [0, 0.1) is 0 Å². The second-order valence-electron chi connectivity index (χ2n) is 5.15. The Labute approximate surface area is 142 Å². The molecule has 0 aliphatic heterocycles. The summed E-state index contributed by atoms with van der Waals surface area (Å²) in [4.78, 5) is 12.3. The van der Waals surface area contributed by atoms with Gasteiger partial charge in [0.25, 0.3) is 0 Å². The van der Waals surface area contributed by atoms with Crippen LogP contribution in [-0.4, -0.2) is 20.0 Å². The number of hydrogen-bond donors (Lipinski definition) is 0. The molecule has 5 heteroatoms. The molecule has 0 spiro atoms. The van der Waals surface area contributed by atoms with Crippen molar-refractivity contribution in [1.29, 1.82) is 0 Å². The van der Waals surface area contributed by atoms with Gasteiger partial charge in [-0.25, -0.2) is 0 Å². The van der Waals surface area contributed by atoms with E-state index in [1.54, 1.807) is 20.3 Å². The van der Waals surface area contributed by atoms with Crippen molar-refractivity contribution in [3.63, 3.8) is 0 Å². The molecule has 2 aromatic rings. The Kier molecular flexibility index (Phi) is 4.15. The lowest BCUT2D eigenvalue weighted by Crippen LogP contribution is -1.98. The van der Waals surface area contributed by atoms with E-state index in [1.165, 1.54) is 0 Å². The molecule has 0 aromatic heterocycles. The van der Waals surface area contributed by atoms with Crippen LogP contribution in [0.2, 0.25) is 5.02 Å². The summed E-state index contributed by atoms with van der Waals surface area (Å²) < 4.78 is 11.5. The normalized spacial score (nSPS) is 16.5. The zero-order valence-electron chi connectivity index (χ0n) is 12.2. The highest BCUT2D eigenvalue weighted by Crippen LogP contribution is 2.44. The molecule has 1 aliphatic carbocycles. The molecule has 0 fully saturated rings. The highest BCUT2D eigenvalue weighted by Gasteiger charge is 2.32. The Morgan fingerprint density at radius 3 is 2.45 bits per heavy atom. The summed E-state index contributed by atoms with van der Waals surface area (Å²) in [6.07, 6.45) is 0.444. The van der Waals surface area contributed by atoms with Crippen molar-refractivity contribution >= 4 is 33.3 Å². The third kappa shape index (κ3) is 2.50. The summed E-state index contributed by atoms with van der Waals surface area (Å²) in [5.41, 5.74) is 2.72. The number of fused-ring (bicyclic) bond motifs is 1. The minimum Gasteiger partial charge on any atom is -0.493 e. The van der Waals surface area contributed by atoms with E-state index in [0.29, 0.717) is 28.5 Å². The average Bonchev–Trinajstić information content (AvgIpc) is 2.85. The van der Waals surface area contributed by atoms with Crippen LogP contribution in [0.5, 0.6) is 11.5 Å². The SMILES string of the molecule is COc1cc2c(cc1OC)C(c1ccc(Cl)c(Br)c1)CC2=O. The summed E-state index contributed by atoms with van der Waals surface area (Å²) in [6.45, 7) is 0. The Morgan fingerprint density at radius 1 is 1.14 bits per heavy atom. The van der Waals surface area contributed by atoms with Gasteiger partial charge in [-0.2, -0.15) is 0 Å². The van der Waals surface area contributed by atoms with E-state index in [-0.39, 0.29) is 11.7 Å². The van der Waals surface area contributed by atoms with Crippen molar-refractivity contribution in [2.24, 2.45) is 0 Å². The fourth-order valence-corrected chi connectivity index (χ4v) is 3.37. The largest absolute Gasteiger partial charge is 0.493 e. The highest BCUT2D eigenvalue weighted by molar-refractivity contribution is 9.10. The standard InChI is InChI=1S/C17H14BrClO3/c1-21-16-7-11-10(9-3-4-14(19)13(18)5-9)6-15(20)12(11)8-17(16)22-2/h3-5,7-8,10H,6H2,1-2H3. The smallest absolute Gasteiger partial charge is 0.164 e. The van der Waals surface area contributed by atoms with Gasteiger partial charge in [0.1, 0.15) is 0 Å². The lowest BCUT2D eigenvalue weighted by Gasteiger charge is -2.15. The van der Waals surface area contributed by atoms with Crippen LogP contribution < -0.4 is 9.47 Å². The van der Waals surface area contributed by atoms with E-state index in [0.717, 1.165) is 15.6 Å². The summed E-state index contributed by atoms with van der Waals surface area (Å²) >= 11 is 9.49. The van der Waals surface area contributed by atoms with Gasteiger partial charge in [0, 0.05) is 22.4 Å². The molecule has 0 bridgehead atoms. The van der Waals surface area contributed by atoms with Crippen molar-refractivity contribution in [2.75, 3.05) is 14.2 Å². The third-order valence-electron chi connectivity index (χ3n) is 3.97. The summed E-state index contributed by atoms with van der Waals surface area (Å²) in [7, 11) is 3.16. The maximum Gasteiger partial charge on any atom is 0.164 e. The molecule has 0 radical (unpaired) electrons. The monoisotopic (exact) mass is 380 g/mol. The van der Waals surface area contributed by atoms with Crippen molar-refractivity contribution < 1.29 is 14.3 Å². The van der Waals surface area contributed by atoms with Crippen LogP contribution in [-0.2, 0) is 0 Å². The number of carbonyl (C=O) groups is 1. The fourth-order valence-electron chi connectivity index (χ4n) is 2.86. The predicted molar refractivity (Wildman–Crippen MR) is 89.5 cm³/mol. The Balaban J connectivity index is 2.12. The first-order valence-corrected chi connectivity index (χ1v) is 7.96. The van der Waals surface area contributed by atoms with E-state index in [4.69, 9.17) is 21.1 Å². The maximum absolute atomic E-state index is 12.3. The molecule has 0 saturated heterocycles. The molecule has 0 amide bonds. The van der Waals surface area contributed by atoms with Crippen LogP contribution >= 0.6 is 27.5 Å². The van der Waals surface area contributed by atoms with Gasteiger partial charge in [0.05, 0.1) is 19.2 Å². The van der Waals surface area contributed by atoms with E-state index >= 15 is 0 Å². The van der Waals surface area contributed by atoms with Crippen LogP contribution in [0.3, 0.4) is 0 Å². The molecule has 0 heterocycles. The number of hydrogen-bond acceptors (Lipinski definition) is 3. The molecule has 1 aliphatic rings. The first-order valence-electron chi connectivity index (χ1n) is 6.79. The van der Waals surface area contributed by atoms with Gasteiger partial charge in [0.2, 0.25) is 0 Å². The predicted octanol–water partition coefficient (Wildman–Crippen LogP) is 4.84. The van der Waals surface area contributed by atoms with Crippen molar-refractivity contribution in [1.82, 2.24) is 0 Å². The second-order valence-corrected chi connectivity index (χ2v) is 6.41. The molecule has 114 valence electrons. The van der Waals surface area contributed by atoms with Gasteiger partial charge < -0.3 is 9.47 Å². The molecule has 0 N–H and O–H groups in total. The lowest BCUT2D eigenvalue weighted by molar-refractivity contribution is 0.0991. The van der Waals surface area contributed by atoms with Crippen LogP contribution in [0.4, 0.5) is 0 Å². The van der Waals surface area contributed by atoms with E-state index < -0.39 is 0 Å². The zero-order valence-corrected chi connectivity index (χ0v) is 14.5. The Bertz CT molecular complexity index is 758. The Morgan fingerprint density at radius 2 is 1.82 bits per heavy atom. The van der Waals surface area contributed by atoms with Crippen LogP contribution in [0.1, 0.15) is 33.8 Å². The molecule has 22 heavy (non-hydrogen) atoms. The molecule has 3 nitrogen and oxygen atoms in total. The molecule has 1 unspecified atom stereocenters. The van der Waals surface area contributed by atoms with Gasteiger partial charge in [-0.05, 0) is 51.3 Å². The molecule has 0 saturated carbocycles. The first kappa shape index (κ1) is 15.4. The molecule has 2 aromatic carbocycles. The fraction of sp³-hybridized carbons (Fsp3) is 0.235. The number of halogens is 2. The summed E-state index contributed by atoms with van der Waals surface area (Å²) in [5, 5.41) is 0.653. The second kappa shape index (κ2) is 5.94. The van der Waals surface area contributed by atoms with Gasteiger partial charge >= 0.3 is 0 Å². The number of ether oxygens (including phenoxy) is 2. The van der Waals surface area contributed by atoms with Gasteiger partial charge in [-0.15, -0.1) is 0 Å². The van der Waals surface area contributed by atoms with Gasteiger partial charge in [-0.3, -0.25) is 4.79 Å². The quantitative estimate of drug-likeness (QED) is 0.763. The number of methoxy groups -OCH3 is 2. The van der Waals surface area contributed by atoms with E-state index in [1.807, 2.05) is 24.3 Å². The van der Waals surface area contributed by atoms with Gasteiger partial charge in [-0.1, -0.05) is 17.7 Å². The minimum atomic E-state index is 0.0101. The van der Waals surface area contributed by atoms with E-state index in [2.05, 4.69) is 15.9 Å². The van der Waals surface area contributed by atoms with E-state index in [9.17, 15) is 4.79 Å². The van der Waals surface area contributed by atoms with Crippen molar-refractivity contribution in [3.8, 4) is 11.5 Å². The average molecular weight is 382 g/mol. The number of carbonyl (C=O) groups excluding carboxylic acids is 1. The molecule has 1 atom stereocenters. The lowest BCUT2D eigenvalue weighted by atomic mass is 9.93. The van der Waals surface area contributed by atoms with Gasteiger partial charge in [0.15, 0.2) is 17.3 Å². The third-order valence-corrected chi connectivity index (χ3v) is 5.18. The maximum atomic E-state index is 12.3. The minimum absolute atomic E-state index is 0.0101. The molecular formula is C17H14BrClO3.